The van der Waals surface area contributed by atoms with Crippen molar-refractivity contribution < 1.29 is 13.2 Å². The summed E-state index contributed by atoms with van der Waals surface area (Å²) >= 11 is 6.77. The van der Waals surface area contributed by atoms with Crippen molar-refractivity contribution in [2.24, 2.45) is 18.4 Å². The lowest BCUT2D eigenvalue weighted by Crippen LogP contribution is -2.69. The number of nitrogens with zero attached hydrogens (tertiary/aromatic N) is 3. The largest absolute Gasteiger partial charge is 0.395 e. The van der Waals surface area contributed by atoms with Gasteiger partial charge in [-0.2, -0.15) is 13.2 Å². The molecule has 8 rings (SSSR count). The number of rotatable bonds is 8. The van der Waals surface area contributed by atoms with Crippen LogP contribution in [-0.4, -0.2) is 32.8 Å². The summed E-state index contributed by atoms with van der Waals surface area (Å²) in [6.45, 7) is 1.86. The van der Waals surface area contributed by atoms with E-state index in [1.54, 1.807) is 36.0 Å². The summed E-state index contributed by atoms with van der Waals surface area (Å²) in [7, 11) is 1.72. The van der Waals surface area contributed by atoms with Crippen molar-refractivity contribution in [3.05, 3.63) is 87.2 Å². The maximum Gasteiger partial charge on any atom is 0.395 e. The molecule has 4 aliphatic rings. The lowest BCUT2D eigenvalue weighted by Gasteiger charge is -2.64. The summed E-state index contributed by atoms with van der Waals surface area (Å²) in [6, 6.07) is 10.6. The number of alkyl halides is 3. The van der Waals surface area contributed by atoms with Crippen molar-refractivity contribution >= 4 is 44.7 Å². The van der Waals surface area contributed by atoms with Gasteiger partial charge in [-0.1, -0.05) is 29.7 Å². The van der Waals surface area contributed by atoms with Crippen LogP contribution in [0.2, 0.25) is 5.02 Å². The third kappa shape index (κ3) is 4.82. The minimum absolute atomic E-state index is 0.104. The Morgan fingerprint density at radius 2 is 1.93 bits per heavy atom. The number of benzene rings is 2. The second kappa shape index (κ2) is 10.6. The molecule has 12 heteroatoms. The van der Waals surface area contributed by atoms with Gasteiger partial charge in [0.15, 0.2) is 0 Å². The van der Waals surface area contributed by atoms with E-state index in [0.29, 0.717) is 38.3 Å². The van der Waals surface area contributed by atoms with Gasteiger partial charge in [-0.25, -0.2) is 0 Å². The van der Waals surface area contributed by atoms with Gasteiger partial charge in [0.05, 0.1) is 44.5 Å². The first-order valence-corrected chi connectivity index (χ1v) is 15.4. The van der Waals surface area contributed by atoms with Crippen LogP contribution in [0.15, 0.2) is 65.5 Å². The van der Waals surface area contributed by atoms with E-state index in [4.69, 9.17) is 18.0 Å². The van der Waals surface area contributed by atoms with Gasteiger partial charge in [0, 0.05) is 48.6 Å². The summed E-state index contributed by atoms with van der Waals surface area (Å²) in [5, 5.41) is 10.8. The molecule has 3 fully saturated rings. The molecular formula is C34H33ClF3N7O. The predicted octanol–water partition coefficient (Wildman–Crippen LogP) is 6.59. The third-order valence-corrected chi connectivity index (χ3v) is 10.0. The lowest BCUT2D eigenvalue weighted by atomic mass is 9.49. The Morgan fingerprint density at radius 1 is 1.17 bits per heavy atom. The van der Waals surface area contributed by atoms with Crippen LogP contribution < -0.4 is 27.2 Å². The predicted molar refractivity (Wildman–Crippen MR) is 175 cm³/mol. The highest BCUT2D eigenvalue weighted by atomic mass is 35.5. The van der Waals surface area contributed by atoms with Gasteiger partial charge in [0.2, 0.25) is 0 Å². The molecule has 2 aromatic carbocycles. The minimum atomic E-state index is -4.43. The molecule has 3 aliphatic carbocycles. The number of pyridine rings is 2. The molecular weight excluding hydrogens is 615 g/mol. The van der Waals surface area contributed by atoms with E-state index in [-0.39, 0.29) is 11.1 Å². The molecule has 8 nitrogen and oxygen atoms in total. The van der Waals surface area contributed by atoms with Crippen molar-refractivity contribution in [3.8, 4) is 12.3 Å². The number of hydrogen-bond donors (Lipinski definition) is 4. The molecule has 0 amide bonds. The fourth-order valence-electron chi connectivity index (χ4n) is 6.65. The van der Waals surface area contributed by atoms with Crippen LogP contribution >= 0.6 is 11.6 Å². The van der Waals surface area contributed by atoms with Gasteiger partial charge in [0.1, 0.15) is 0 Å². The van der Waals surface area contributed by atoms with E-state index in [2.05, 4.69) is 43.7 Å². The Hall–Kier alpha value is -4.40. The number of nitrogens with one attached hydrogen (secondary N) is 4. The first kappa shape index (κ1) is 30.3. The number of aryl methyl sites for hydroxylation is 1. The van der Waals surface area contributed by atoms with Crippen LogP contribution in [0.25, 0.3) is 21.7 Å². The van der Waals surface area contributed by atoms with Gasteiger partial charge in [0.25, 0.3) is 5.56 Å². The van der Waals surface area contributed by atoms with Gasteiger partial charge >= 0.3 is 6.18 Å². The monoisotopic (exact) mass is 647 g/mol. The van der Waals surface area contributed by atoms with Crippen LogP contribution in [0.5, 0.6) is 0 Å². The first-order chi connectivity index (χ1) is 21.8. The summed E-state index contributed by atoms with van der Waals surface area (Å²) in [6.07, 6.45) is 10.0. The molecule has 238 valence electrons. The lowest BCUT2D eigenvalue weighted by molar-refractivity contribution is -0.206. The number of anilines is 2. The Morgan fingerprint density at radius 3 is 2.61 bits per heavy atom. The van der Waals surface area contributed by atoms with E-state index in [9.17, 15) is 18.0 Å². The Labute approximate surface area is 268 Å². The summed E-state index contributed by atoms with van der Waals surface area (Å²) in [4.78, 5) is 17.5. The molecule has 0 radical (unpaired) electrons. The van der Waals surface area contributed by atoms with Crippen molar-refractivity contribution in [2.45, 2.75) is 50.9 Å². The fraction of sp³-hybridized carbons (Fsp3) is 0.353. The molecule has 1 atom stereocenters. The zero-order valence-electron chi connectivity index (χ0n) is 25.5. The fourth-order valence-corrected chi connectivity index (χ4v) is 6.92. The Kier molecular flexibility index (Phi) is 6.96. The second-order valence-electron chi connectivity index (χ2n) is 13.3. The number of aromatic nitrogens is 2. The van der Waals surface area contributed by atoms with Crippen molar-refractivity contribution in [1.29, 1.82) is 0 Å². The van der Waals surface area contributed by atoms with Crippen LogP contribution in [0.3, 0.4) is 0 Å². The summed E-state index contributed by atoms with van der Waals surface area (Å²) in [5.74, 6) is 3.33. The third-order valence-electron chi connectivity index (χ3n) is 9.75. The number of hydrazine groups is 2. The maximum absolute atomic E-state index is 13.7. The SMILES string of the molecule is C#Cc1cnc2c(Cl)cc(N[C@H](C3=CN(C45CC(C4)C5)NN3)c3cccc4c(=O)n(C)ccc34)cc2c1NCC(C)(C)C(F)(F)F. The normalized spacial score (nSPS) is 21.2. The molecule has 2 aromatic heterocycles. The van der Waals surface area contributed by atoms with Gasteiger partial charge in [-0.15, -0.1) is 12.0 Å². The van der Waals surface area contributed by atoms with Crippen LogP contribution in [0, 0.1) is 23.7 Å². The van der Waals surface area contributed by atoms with Crippen LogP contribution in [0.4, 0.5) is 24.5 Å². The van der Waals surface area contributed by atoms with E-state index in [1.165, 1.54) is 6.20 Å². The van der Waals surface area contributed by atoms with Gasteiger partial charge in [-0.05, 0) is 74.2 Å². The van der Waals surface area contributed by atoms with E-state index >= 15 is 0 Å². The standard InChI is InChI=1S/C34H33ClF3N7O/c1-5-20-16-39-29-25(28(20)40-18-32(2,3)34(36,37)38)11-21(12-26(29)35)41-30(27-17-45(43-42-27)33-13-19(14-33)15-33)23-7-6-8-24-22(23)9-10-44(4)31(24)46/h1,6-12,16-17,19,30,41-43H,13-15,18H2,2-4H3,(H,39,40)/t19?,30-,33?/m0/s1. The van der Waals surface area contributed by atoms with Gasteiger partial charge < -0.3 is 20.6 Å². The first-order valence-electron chi connectivity index (χ1n) is 15.1. The molecule has 2 bridgehead atoms. The minimum Gasteiger partial charge on any atom is -0.383 e. The Bertz CT molecular complexity index is 2010. The summed E-state index contributed by atoms with van der Waals surface area (Å²) in [5.41, 5.74) is 7.97. The van der Waals surface area contributed by atoms with Gasteiger partial charge in [-0.3, -0.25) is 14.8 Å². The van der Waals surface area contributed by atoms with E-state index < -0.39 is 24.2 Å². The average Bonchev–Trinajstić information content (AvgIpc) is 3.43. The smallest absolute Gasteiger partial charge is 0.383 e. The van der Waals surface area contributed by atoms with Crippen LogP contribution in [-0.2, 0) is 7.05 Å². The Balaban J connectivity index is 1.33. The molecule has 0 spiro atoms. The van der Waals surface area contributed by atoms with Crippen molar-refractivity contribution in [2.75, 3.05) is 17.2 Å². The zero-order chi connectivity index (χ0) is 32.6. The van der Waals surface area contributed by atoms with Crippen molar-refractivity contribution in [3.63, 3.8) is 0 Å². The topological polar surface area (TPSA) is 86.2 Å². The average molecular weight is 648 g/mol. The molecule has 0 unspecified atom stereocenters. The van der Waals surface area contributed by atoms with E-state index in [1.807, 2.05) is 18.2 Å². The highest BCUT2D eigenvalue weighted by Crippen LogP contribution is 2.60. The molecule has 4 aromatic rings. The van der Waals surface area contributed by atoms with E-state index in [0.717, 1.165) is 55.7 Å². The second-order valence-corrected chi connectivity index (χ2v) is 13.7. The quantitative estimate of drug-likeness (QED) is 0.161. The highest BCUT2D eigenvalue weighted by Gasteiger charge is 2.60. The molecule has 3 saturated carbocycles. The van der Waals surface area contributed by atoms with Crippen LogP contribution in [0.1, 0.15) is 50.3 Å². The highest BCUT2D eigenvalue weighted by molar-refractivity contribution is 6.35. The molecule has 4 N–H and O–H groups in total. The number of hydrogen-bond acceptors (Lipinski definition) is 7. The molecule has 1 aliphatic heterocycles. The number of halogens is 4. The summed E-state index contributed by atoms with van der Waals surface area (Å²) < 4.78 is 42.8. The number of fused-ring (bicyclic) bond motifs is 2. The maximum atomic E-state index is 13.7. The zero-order valence-corrected chi connectivity index (χ0v) is 26.3. The number of terminal acetylenes is 1. The molecule has 0 saturated heterocycles. The van der Waals surface area contributed by atoms with Crippen molar-refractivity contribution in [1.82, 2.24) is 25.5 Å². The molecule has 46 heavy (non-hydrogen) atoms. The molecule has 3 heterocycles.